The lowest BCUT2D eigenvalue weighted by atomic mass is 10.1. The third-order valence-corrected chi connectivity index (χ3v) is 4.66. The van der Waals surface area contributed by atoms with E-state index in [1.165, 1.54) is 4.40 Å². The van der Waals surface area contributed by atoms with E-state index in [2.05, 4.69) is 10.3 Å². The third kappa shape index (κ3) is 2.89. The van der Waals surface area contributed by atoms with Crippen molar-refractivity contribution in [2.24, 2.45) is 7.05 Å². The molecule has 0 aliphatic heterocycles. The Bertz CT molecular complexity index is 1260. The van der Waals surface area contributed by atoms with Crippen molar-refractivity contribution in [1.82, 2.24) is 14.0 Å². The summed E-state index contributed by atoms with van der Waals surface area (Å²) >= 11 is 0. The van der Waals surface area contributed by atoms with Gasteiger partial charge >= 0.3 is 0 Å². The Morgan fingerprint density at radius 2 is 1.70 bits per heavy atom. The summed E-state index contributed by atoms with van der Waals surface area (Å²) < 4.78 is 3.18. The van der Waals surface area contributed by atoms with Gasteiger partial charge < -0.3 is 9.88 Å². The highest BCUT2D eigenvalue weighted by atomic mass is 16.2. The van der Waals surface area contributed by atoms with Gasteiger partial charge in [0, 0.05) is 18.9 Å². The summed E-state index contributed by atoms with van der Waals surface area (Å²) in [7, 11) is 1.75. The van der Waals surface area contributed by atoms with Gasteiger partial charge in [0.1, 0.15) is 17.0 Å². The van der Waals surface area contributed by atoms with E-state index in [0.717, 1.165) is 22.4 Å². The first-order valence-electron chi connectivity index (χ1n) is 8.71. The summed E-state index contributed by atoms with van der Waals surface area (Å²) in [5.41, 5.74) is 5.10. The molecule has 0 unspecified atom stereocenters. The molecular weight excluding hydrogens is 340 g/mol. The third-order valence-electron chi connectivity index (χ3n) is 4.66. The first-order valence-corrected chi connectivity index (χ1v) is 8.71. The number of hydrogen-bond donors (Lipinski definition) is 1. The molecule has 4 rings (SSSR count). The van der Waals surface area contributed by atoms with E-state index in [1.807, 2.05) is 45.0 Å². The second-order valence-corrected chi connectivity index (χ2v) is 7.01. The molecule has 1 amide bonds. The number of carbonyl (C=O) groups is 1. The number of nitrogens with zero attached hydrogens (tertiary/aromatic N) is 3. The molecule has 0 bridgehead atoms. The van der Waals surface area contributed by atoms with E-state index in [4.69, 9.17) is 0 Å². The number of aryl methyl sites for hydroxylation is 4. The number of nitrogens with one attached hydrogen (secondary N) is 1. The van der Waals surface area contributed by atoms with Crippen molar-refractivity contribution in [3.05, 3.63) is 75.3 Å². The fourth-order valence-electron chi connectivity index (χ4n) is 3.44. The quantitative estimate of drug-likeness (QED) is 0.596. The number of benzene rings is 1. The van der Waals surface area contributed by atoms with Gasteiger partial charge in [-0.3, -0.25) is 14.0 Å². The highest BCUT2D eigenvalue weighted by molar-refractivity contribution is 6.06. The Morgan fingerprint density at radius 3 is 2.41 bits per heavy atom. The molecule has 27 heavy (non-hydrogen) atoms. The second kappa shape index (κ2) is 6.09. The highest BCUT2D eigenvalue weighted by Gasteiger charge is 2.18. The van der Waals surface area contributed by atoms with Gasteiger partial charge in [0.05, 0.1) is 5.39 Å². The Balaban J connectivity index is 1.83. The van der Waals surface area contributed by atoms with Crippen LogP contribution in [-0.4, -0.2) is 19.9 Å². The Kier molecular flexibility index (Phi) is 3.84. The van der Waals surface area contributed by atoms with Crippen LogP contribution in [0, 0.1) is 20.8 Å². The zero-order chi connectivity index (χ0) is 19.3. The van der Waals surface area contributed by atoms with Crippen LogP contribution in [0.3, 0.4) is 0 Å². The minimum absolute atomic E-state index is 0.181. The molecule has 0 spiro atoms. The number of pyridine rings is 1. The van der Waals surface area contributed by atoms with Crippen LogP contribution in [0.25, 0.3) is 16.7 Å². The fraction of sp³-hybridized carbons (Fsp3) is 0.190. The van der Waals surface area contributed by atoms with E-state index < -0.39 is 0 Å². The normalized spacial score (nSPS) is 11.3. The van der Waals surface area contributed by atoms with E-state index in [1.54, 1.807) is 29.9 Å². The maximum atomic E-state index is 12.9. The molecule has 0 saturated heterocycles. The van der Waals surface area contributed by atoms with Crippen molar-refractivity contribution < 1.29 is 4.79 Å². The molecule has 3 heterocycles. The highest BCUT2D eigenvalue weighted by Crippen LogP contribution is 2.18. The number of carbonyl (C=O) groups excluding carboxylic acids is 1. The molecule has 0 aliphatic carbocycles. The maximum absolute atomic E-state index is 12.9. The van der Waals surface area contributed by atoms with Gasteiger partial charge in [-0.15, -0.1) is 0 Å². The Morgan fingerprint density at radius 1 is 1.00 bits per heavy atom. The average molecular weight is 360 g/mol. The summed E-state index contributed by atoms with van der Waals surface area (Å²) in [4.78, 5) is 30.2. The van der Waals surface area contributed by atoms with E-state index in [9.17, 15) is 9.59 Å². The topological polar surface area (TPSA) is 68.4 Å². The molecule has 136 valence electrons. The predicted octanol–water partition coefficient (Wildman–Crippen LogP) is 3.36. The van der Waals surface area contributed by atoms with Gasteiger partial charge in [0.25, 0.3) is 11.5 Å². The second-order valence-electron chi connectivity index (χ2n) is 7.01. The summed E-state index contributed by atoms with van der Waals surface area (Å²) in [5.74, 6) is -0.273. The monoisotopic (exact) mass is 360 g/mol. The van der Waals surface area contributed by atoms with Crippen molar-refractivity contribution in [3.8, 4) is 0 Å². The Hall–Kier alpha value is -3.41. The molecule has 1 aromatic carbocycles. The van der Waals surface area contributed by atoms with Crippen LogP contribution in [0.1, 0.15) is 27.2 Å². The zero-order valence-corrected chi connectivity index (χ0v) is 15.7. The van der Waals surface area contributed by atoms with E-state index >= 15 is 0 Å². The lowest BCUT2D eigenvalue weighted by Crippen LogP contribution is -2.16. The molecule has 6 nitrogen and oxygen atoms in total. The zero-order valence-electron chi connectivity index (χ0n) is 15.7. The lowest BCUT2D eigenvalue weighted by molar-refractivity contribution is 0.101. The van der Waals surface area contributed by atoms with Crippen molar-refractivity contribution in [2.45, 2.75) is 20.8 Å². The summed E-state index contributed by atoms with van der Waals surface area (Å²) in [6, 6.07) is 11.2. The van der Waals surface area contributed by atoms with Crippen molar-refractivity contribution >= 4 is 28.3 Å². The van der Waals surface area contributed by atoms with E-state index in [0.29, 0.717) is 22.4 Å². The van der Waals surface area contributed by atoms with Gasteiger partial charge in [0.2, 0.25) is 0 Å². The van der Waals surface area contributed by atoms with Crippen molar-refractivity contribution in [2.75, 3.05) is 5.32 Å². The number of anilines is 1. The maximum Gasteiger partial charge on any atom is 0.272 e. The van der Waals surface area contributed by atoms with Crippen LogP contribution >= 0.6 is 0 Å². The summed E-state index contributed by atoms with van der Waals surface area (Å²) in [5, 5.41) is 3.34. The minimum Gasteiger partial charge on any atom is -0.324 e. The van der Waals surface area contributed by atoms with Crippen LogP contribution in [0.4, 0.5) is 5.69 Å². The molecule has 6 heteroatoms. The Labute approximate surface area is 156 Å². The van der Waals surface area contributed by atoms with Gasteiger partial charge in [-0.25, -0.2) is 4.98 Å². The van der Waals surface area contributed by atoms with Crippen LogP contribution in [-0.2, 0) is 7.05 Å². The van der Waals surface area contributed by atoms with Crippen LogP contribution < -0.4 is 10.9 Å². The van der Waals surface area contributed by atoms with Gasteiger partial charge in [-0.2, -0.15) is 0 Å². The summed E-state index contributed by atoms with van der Waals surface area (Å²) in [6.45, 7) is 5.89. The minimum atomic E-state index is -0.273. The van der Waals surface area contributed by atoms with Crippen LogP contribution in [0.15, 0.2) is 47.4 Å². The van der Waals surface area contributed by atoms with Gasteiger partial charge in [-0.1, -0.05) is 12.1 Å². The first-order chi connectivity index (χ1) is 12.8. The molecule has 3 aromatic heterocycles. The van der Waals surface area contributed by atoms with Crippen molar-refractivity contribution in [1.29, 1.82) is 0 Å². The number of amides is 1. The smallest absolute Gasteiger partial charge is 0.272 e. The molecule has 4 aromatic rings. The SMILES string of the molecule is Cc1cc(C)cc(NC(=O)c2cc3c(=O)n4cc(C)ccc4nc3n2C)c1. The molecular formula is C21H20N4O2. The van der Waals surface area contributed by atoms with E-state index in [-0.39, 0.29) is 11.5 Å². The molecule has 0 fully saturated rings. The van der Waals surface area contributed by atoms with Crippen molar-refractivity contribution in [3.63, 3.8) is 0 Å². The number of rotatable bonds is 2. The number of fused-ring (bicyclic) bond motifs is 2. The predicted molar refractivity (Wildman–Crippen MR) is 107 cm³/mol. The largest absolute Gasteiger partial charge is 0.324 e. The molecule has 0 radical (unpaired) electrons. The lowest BCUT2D eigenvalue weighted by Gasteiger charge is -2.08. The standard InChI is InChI=1S/C21H20N4O2/c1-12-5-6-18-23-19-16(21(27)25(18)11-12)10-17(24(19)4)20(26)22-15-8-13(2)7-14(3)9-15/h5-11H,1-4H3,(H,22,26). The molecule has 0 saturated carbocycles. The molecule has 1 N–H and O–H groups in total. The van der Waals surface area contributed by atoms with Gasteiger partial charge in [-0.05, 0) is 61.7 Å². The summed E-state index contributed by atoms with van der Waals surface area (Å²) in [6.07, 6.45) is 1.76. The van der Waals surface area contributed by atoms with Crippen LogP contribution in [0.5, 0.6) is 0 Å². The fourth-order valence-corrected chi connectivity index (χ4v) is 3.44. The number of aromatic nitrogens is 3. The molecule has 0 aliphatic rings. The first kappa shape index (κ1) is 17.0. The average Bonchev–Trinajstić information content (AvgIpc) is 2.92. The van der Waals surface area contributed by atoms with Crippen LogP contribution in [0.2, 0.25) is 0 Å². The number of hydrogen-bond acceptors (Lipinski definition) is 3. The molecule has 0 atom stereocenters. The van der Waals surface area contributed by atoms with Gasteiger partial charge in [0.15, 0.2) is 0 Å².